The number of carbonyl (C=O) groups excluding carboxylic acids is 1. The monoisotopic (exact) mass is 624 g/mol. The summed E-state index contributed by atoms with van der Waals surface area (Å²) in [5.41, 5.74) is 10.3. The summed E-state index contributed by atoms with van der Waals surface area (Å²) >= 11 is 0. The van der Waals surface area contributed by atoms with Crippen molar-refractivity contribution in [2.75, 3.05) is 20.5 Å². The Morgan fingerprint density at radius 2 is 1.78 bits per heavy atom. The van der Waals surface area contributed by atoms with Crippen LogP contribution in [0.25, 0.3) is 0 Å². The number of ether oxygens (including phenoxy) is 3. The lowest BCUT2D eigenvalue weighted by Crippen LogP contribution is -2.47. The first kappa shape index (κ1) is 33.0. The highest BCUT2D eigenvalue weighted by Crippen LogP contribution is 2.53. The number of carbonyl (C=O) groups is 1. The molecule has 2 aliphatic rings. The molecule has 6 rings (SSSR count). The van der Waals surface area contributed by atoms with Crippen LogP contribution in [0.4, 0.5) is 0 Å². The fraction of sp³-hybridized carbons (Fsp3) is 0.368. The summed E-state index contributed by atoms with van der Waals surface area (Å²) in [5.74, 6) is -1.04. The predicted molar refractivity (Wildman–Crippen MR) is 174 cm³/mol. The highest BCUT2D eigenvalue weighted by atomic mass is 16.7. The Labute approximate surface area is 271 Å². The van der Waals surface area contributed by atoms with Crippen LogP contribution in [0.15, 0.2) is 78.9 Å². The summed E-state index contributed by atoms with van der Waals surface area (Å²) in [4.78, 5) is 18.1. The van der Waals surface area contributed by atoms with Crippen molar-refractivity contribution < 1.29 is 35.0 Å². The first-order valence-electron chi connectivity index (χ1n) is 16.1. The number of nitrogens with zero attached hydrogens (tertiary/aromatic N) is 1. The molecule has 46 heavy (non-hydrogen) atoms. The number of carboxylic acid groups (broad SMARTS) is 1. The molecule has 0 spiro atoms. The third-order valence-electron chi connectivity index (χ3n) is 8.87. The maximum absolute atomic E-state index is 13.0. The average Bonchev–Trinajstić information content (AvgIpc) is 3.70. The van der Waals surface area contributed by atoms with Crippen LogP contribution < -0.4 is 25.1 Å². The number of aryl methyl sites for hydroxylation is 1. The number of aliphatic carboxylic acids is 1. The number of fused-ring (bicyclic) bond motifs is 2. The van der Waals surface area contributed by atoms with Crippen molar-refractivity contribution in [3.8, 4) is 17.2 Å². The van der Waals surface area contributed by atoms with Crippen molar-refractivity contribution in [2.24, 2.45) is 11.8 Å². The fourth-order valence-electron chi connectivity index (χ4n) is 6.47. The van der Waals surface area contributed by atoms with Gasteiger partial charge in [0.15, 0.2) is 11.5 Å². The molecule has 4 aromatic rings. The number of aliphatic hydroxyl groups excluding tert-OH is 1. The van der Waals surface area contributed by atoms with Gasteiger partial charge >= 0.3 is 0 Å². The highest BCUT2D eigenvalue weighted by Gasteiger charge is 2.45. The van der Waals surface area contributed by atoms with E-state index in [0.29, 0.717) is 23.7 Å². The number of hydrogen-bond acceptors (Lipinski definition) is 7. The second-order valence-corrected chi connectivity index (χ2v) is 12.1. The molecule has 0 bridgehead atoms. The van der Waals surface area contributed by atoms with E-state index in [1.54, 1.807) is 7.11 Å². The molecule has 4 atom stereocenters. The fourth-order valence-corrected chi connectivity index (χ4v) is 6.47. The van der Waals surface area contributed by atoms with Gasteiger partial charge in [-0.3, -0.25) is 4.98 Å². The molecule has 0 saturated heterocycles. The lowest BCUT2D eigenvalue weighted by molar-refractivity contribution is -0.386. The Hall–Kier alpha value is -4.40. The molecule has 8 nitrogen and oxygen atoms in total. The van der Waals surface area contributed by atoms with Gasteiger partial charge in [0, 0.05) is 41.6 Å². The Kier molecular flexibility index (Phi) is 10.9. The smallest absolute Gasteiger partial charge is 0.231 e. The maximum atomic E-state index is 13.0. The van der Waals surface area contributed by atoms with Gasteiger partial charge in [0.05, 0.1) is 19.3 Å². The zero-order chi connectivity index (χ0) is 32.6. The summed E-state index contributed by atoms with van der Waals surface area (Å²) in [6.07, 6.45) is 3.47. The summed E-state index contributed by atoms with van der Waals surface area (Å²) < 4.78 is 16.6. The number of aliphatic hydroxyl groups is 1. The van der Waals surface area contributed by atoms with Crippen LogP contribution in [0.5, 0.6) is 17.2 Å². The van der Waals surface area contributed by atoms with E-state index < -0.39 is 23.7 Å². The van der Waals surface area contributed by atoms with Crippen molar-refractivity contribution in [1.82, 2.24) is 4.98 Å². The maximum Gasteiger partial charge on any atom is 0.231 e. The minimum Gasteiger partial charge on any atom is -0.550 e. The summed E-state index contributed by atoms with van der Waals surface area (Å²) in [6, 6.07) is 25.7. The molecule has 4 N–H and O–H groups in total. The summed E-state index contributed by atoms with van der Waals surface area (Å²) in [7, 11) is 1.61. The number of benzene rings is 3. The van der Waals surface area contributed by atoms with Gasteiger partial charge in [-0.2, -0.15) is 0 Å². The topological polar surface area (TPSA) is 129 Å². The third-order valence-corrected chi connectivity index (χ3v) is 8.87. The van der Waals surface area contributed by atoms with Gasteiger partial charge in [-0.1, -0.05) is 68.8 Å². The first-order chi connectivity index (χ1) is 22.4. The minimum absolute atomic E-state index is 0.00311. The Morgan fingerprint density at radius 3 is 2.46 bits per heavy atom. The Balaban J connectivity index is 0.000000455. The van der Waals surface area contributed by atoms with Crippen LogP contribution in [0, 0.1) is 11.8 Å². The number of unbranched alkanes of at least 4 members (excludes halogenated alkanes) is 1. The van der Waals surface area contributed by atoms with E-state index in [0.717, 1.165) is 59.4 Å². The van der Waals surface area contributed by atoms with Gasteiger partial charge in [-0.05, 0) is 77.8 Å². The molecule has 242 valence electrons. The van der Waals surface area contributed by atoms with Gasteiger partial charge in [0.2, 0.25) is 6.79 Å². The molecule has 0 unspecified atom stereocenters. The molecule has 1 aliphatic carbocycles. The molecule has 3 aromatic carbocycles. The van der Waals surface area contributed by atoms with E-state index in [9.17, 15) is 15.0 Å². The van der Waals surface area contributed by atoms with Crippen LogP contribution >= 0.6 is 0 Å². The molecule has 2 heterocycles. The number of aromatic nitrogens is 1. The van der Waals surface area contributed by atoms with Crippen molar-refractivity contribution in [1.29, 1.82) is 0 Å². The molecule has 1 aromatic heterocycles. The van der Waals surface area contributed by atoms with Gasteiger partial charge < -0.3 is 35.0 Å². The zero-order valence-electron chi connectivity index (χ0n) is 26.9. The molecule has 1 aliphatic heterocycles. The average molecular weight is 625 g/mol. The lowest BCUT2D eigenvalue weighted by Gasteiger charge is -2.29. The van der Waals surface area contributed by atoms with Crippen molar-refractivity contribution in [3.63, 3.8) is 0 Å². The number of methoxy groups -OCH3 is 1. The molecule has 8 heteroatoms. The van der Waals surface area contributed by atoms with Gasteiger partial charge in [0.25, 0.3) is 0 Å². The Bertz CT molecular complexity index is 1630. The van der Waals surface area contributed by atoms with Crippen LogP contribution in [0.1, 0.15) is 77.7 Å². The highest BCUT2D eigenvalue weighted by molar-refractivity contribution is 5.76. The van der Waals surface area contributed by atoms with Crippen LogP contribution in [-0.4, -0.2) is 36.6 Å². The van der Waals surface area contributed by atoms with Crippen LogP contribution in [0.3, 0.4) is 0 Å². The van der Waals surface area contributed by atoms with Crippen LogP contribution in [0.2, 0.25) is 0 Å². The van der Waals surface area contributed by atoms with Crippen molar-refractivity contribution in [2.45, 2.75) is 57.9 Å². The van der Waals surface area contributed by atoms with E-state index in [-0.39, 0.29) is 19.3 Å². The van der Waals surface area contributed by atoms with Crippen molar-refractivity contribution in [3.05, 3.63) is 118 Å². The van der Waals surface area contributed by atoms with E-state index in [1.807, 2.05) is 73.7 Å². The normalized spacial score (nSPS) is 18.3. The number of quaternary nitrogens is 1. The van der Waals surface area contributed by atoms with Gasteiger partial charge in [-0.15, -0.1) is 0 Å². The third kappa shape index (κ3) is 7.19. The molecule has 0 saturated carbocycles. The van der Waals surface area contributed by atoms with E-state index >= 15 is 0 Å². The van der Waals surface area contributed by atoms with Crippen molar-refractivity contribution >= 4 is 5.97 Å². The van der Waals surface area contributed by atoms with Gasteiger partial charge in [-0.25, -0.2) is 0 Å². The number of rotatable bonds is 11. The van der Waals surface area contributed by atoms with Gasteiger partial charge in [0.1, 0.15) is 5.75 Å². The molecule has 0 fully saturated rings. The summed E-state index contributed by atoms with van der Waals surface area (Å²) in [6.45, 7) is 5.18. The number of carboxylic acids is 1. The zero-order valence-corrected chi connectivity index (χ0v) is 26.9. The SMILES string of the molecule is CCCCc1ccc2c(n1)[C@@H](c1ccc(OC)cc1C[C@H](C)CO)[C@H](C(=O)[O-])[C@H]2c1ccc2c(c1)OCO2.[NH3+]Cc1ccccc1. The minimum atomic E-state index is -1.12. The van der Waals surface area contributed by atoms with E-state index in [2.05, 4.69) is 24.8 Å². The van der Waals surface area contributed by atoms with Crippen LogP contribution in [-0.2, 0) is 24.2 Å². The second kappa shape index (κ2) is 15.3. The predicted octanol–water partition coefficient (Wildman–Crippen LogP) is 4.40. The Morgan fingerprint density at radius 1 is 1.02 bits per heavy atom. The second-order valence-electron chi connectivity index (χ2n) is 12.1. The van der Waals surface area contributed by atoms with E-state index in [4.69, 9.17) is 19.2 Å². The molecular formula is C38H44N2O6. The number of pyridine rings is 1. The molecule has 0 radical (unpaired) electrons. The lowest BCUT2D eigenvalue weighted by atomic mass is 9.78. The van der Waals surface area contributed by atoms with E-state index in [1.165, 1.54) is 5.56 Å². The quantitative estimate of drug-likeness (QED) is 0.253. The standard InChI is InChI=1S/C31H35NO6.C7H9N/c1-4-5-6-21-8-10-24-27(19-7-12-25-26(15-19)38-17-37-25)29(31(34)35)28(30(24)32-21)23-11-9-22(36-3)14-20(23)13-18(2)16-33;8-6-7-4-2-1-3-5-7/h7-12,14-15,18,27-29,33H,4-6,13,16-17H2,1-3H3,(H,34,35);1-5H,6,8H2/t18-,27-,28-,29+;/m0./s1. The summed E-state index contributed by atoms with van der Waals surface area (Å²) in [5, 5.41) is 22.8. The molecule has 0 amide bonds. The first-order valence-corrected chi connectivity index (χ1v) is 16.1. The number of hydrogen-bond donors (Lipinski definition) is 2. The largest absolute Gasteiger partial charge is 0.550 e. The molecular weight excluding hydrogens is 580 g/mol.